The number of carboxylic acid groups (broad SMARTS) is 1. The predicted octanol–water partition coefficient (Wildman–Crippen LogP) is 3.46. The van der Waals surface area contributed by atoms with Crippen molar-refractivity contribution in [1.29, 1.82) is 0 Å². The summed E-state index contributed by atoms with van der Waals surface area (Å²) in [6.45, 7) is 0. The van der Waals surface area contributed by atoms with Crippen molar-refractivity contribution in [2.24, 2.45) is 0 Å². The van der Waals surface area contributed by atoms with Gasteiger partial charge in [-0.15, -0.1) is 0 Å². The Morgan fingerprint density at radius 3 is 2.84 bits per heavy atom. The van der Waals surface area contributed by atoms with E-state index in [-0.39, 0.29) is 5.56 Å². The Morgan fingerprint density at radius 2 is 2.05 bits per heavy atom. The number of nitrogens with zero attached hydrogens (tertiary/aromatic N) is 2. The number of pyridine rings is 1. The number of imidazole rings is 1. The van der Waals surface area contributed by atoms with E-state index in [1.807, 2.05) is 35.0 Å². The zero-order chi connectivity index (χ0) is 13.4. The minimum absolute atomic E-state index is 0.260. The van der Waals surface area contributed by atoms with Crippen molar-refractivity contribution in [3.63, 3.8) is 0 Å². The molecule has 0 atom stereocenters. The molecule has 0 fully saturated rings. The molecule has 0 saturated heterocycles. The van der Waals surface area contributed by atoms with Crippen molar-refractivity contribution in [1.82, 2.24) is 9.38 Å². The molecule has 0 spiro atoms. The lowest BCUT2D eigenvalue weighted by molar-refractivity contribution is 0.0697. The van der Waals surface area contributed by atoms with Crippen LogP contribution < -0.4 is 0 Å². The number of hydrogen-bond donors (Lipinski definition) is 1. The van der Waals surface area contributed by atoms with Gasteiger partial charge in [0, 0.05) is 22.4 Å². The molecule has 19 heavy (non-hydrogen) atoms. The minimum atomic E-state index is -0.937. The van der Waals surface area contributed by atoms with E-state index in [0.29, 0.717) is 0 Å². The molecule has 0 bridgehead atoms. The lowest BCUT2D eigenvalue weighted by Gasteiger charge is -1.98. The molecule has 0 aliphatic carbocycles. The van der Waals surface area contributed by atoms with Crippen LogP contribution in [0.1, 0.15) is 10.4 Å². The van der Waals surface area contributed by atoms with Gasteiger partial charge in [-0.25, -0.2) is 9.78 Å². The lowest BCUT2D eigenvalue weighted by atomic mass is 10.1. The van der Waals surface area contributed by atoms with Gasteiger partial charge in [-0.05, 0) is 40.2 Å². The summed E-state index contributed by atoms with van der Waals surface area (Å²) in [5.74, 6) is -0.937. The molecule has 1 N–H and O–H groups in total. The third-order valence-corrected chi connectivity index (χ3v) is 3.29. The zero-order valence-corrected chi connectivity index (χ0v) is 11.3. The van der Waals surface area contributed by atoms with Gasteiger partial charge in [0.05, 0.1) is 11.3 Å². The van der Waals surface area contributed by atoms with Crippen LogP contribution in [0.15, 0.2) is 53.3 Å². The number of benzene rings is 1. The monoisotopic (exact) mass is 316 g/mol. The van der Waals surface area contributed by atoms with Gasteiger partial charge < -0.3 is 9.51 Å². The first-order chi connectivity index (χ1) is 9.13. The summed E-state index contributed by atoms with van der Waals surface area (Å²) < 4.78 is 2.86. The molecule has 5 heteroatoms. The Kier molecular flexibility index (Phi) is 2.83. The summed E-state index contributed by atoms with van der Waals surface area (Å²) in [7, 11) is 0. The van der Waals surface area contributed by atoms with E-state index >= 15 is 0 Å². The van der Waals surface area contributed by atoms with Gasteiger partial charge in [0.15, 0.2) is 0 Å². The van der Waals surface area contributed by atoms with Gasteiger partial charge >= 0.3 is 5.97 Å². The number of carbonyl (C=O) groups is 1. The third-order valence-electron chi connectivity index (χ3n) is 2.82. The van der Waals surface area contributed by atoms with Crippen molar-refractivity contribution in [3.05, 3.63) is 58.8 Å². The van der Waals surface area contributed by atoms with Crippen LogP contribution in [0.4, 0.5) is 0 Å². The van der Waals surface area contributed by atoms with Gasteiger partial charge in [-0.1, -0.05) is 12.1 Å². The zero-order valence-electron chi connectivity index (χ0n) is 9.75. The highest BCUT2D eigenvalue weighted by Crippen LogP contribution is 2.21. The van der Waals surface area contributed by atoms with Crippen molar-refractivity contribution in [2.75, 3.05) is 0 Å². The summed E-state index contributed by atoms with van der Waals surface area (Å²) in [5.41, 5.74) is 2.62. The largest absolute Gasteiger partial charge is 0.478 e. The van der Waals surface area contributed by atoms with Crippen molar-refractivity contribution in [2.45, 2.75) is 0 Å². The molecule has 0 aliphatic heterocycles. The quantitative estimate of drug-likeness (QED) is 0.787. The first-order valence-electron chi connectivity index (χ1n) is 5.61. The highest BCUT2D eigenvalue weighted by atomic mass is 79.9. The van der Waals surface area contributed by atoms with Crippen molar-refractivity contribution >= 4 is 27.5 Å². The fourth-order valence-corrected chi connectivity index (χ4v) is 2.27. The number of fused-ring (bicyclic) bond motifs is 1. The normalized spacial score (nSPS) is 10.8. The number of rotatable bonds is 2. The Morgan fingerprint density at radius 1 is 1.21 bits per heavy atom. The fraction of sp³-hybridized carbons (Fsp3) is 0. The molecule has 3 rings (SSSR count). The van der Waals surface area contributed by atoms with Crippen LogP contribution in [0.5, 0.6) is 0 Å². The Bertz CT molecular complexity index is 780. The highest BCUT2D eigenvalue weighted by Gasteiger charge is 2.08. The average molecular weight is 317 g/mol. The maximum Gasteiger partial charge on any atom is 0.335 e. The second-order valence-corrected chi connectivity index (χ2v) is 5.04. The van der Waals surface area contributed by atoms with Crippen molar-refractivity contribution < 1.29 is 9.90 Å². The van der Waals surface area contributed by atoms with Gasteiger partial charge in [-0.2, -0.15) is 0 Å². The SMILES string of the molecule is O=C(O)c1cccc(-c2cn3cc(Br)ccc3n2)c1. The Labute approximate surface area is 117 Å². The second kappa shape index (κ2) is 4.51. The molecule has 94 valence electrons. The molecule has 0 radical (unpaired) electrons. The smallest absolute Gasteiger partial charge is 0.335 e. The van der Waals surface area contributed by atoms with E-state index in [1.54, 1.807) is 18.2 Å². The summed E-state index contributed by atoms with van der Waals surface area (Å²) in [5, 5.41) is 9.00. The Balaban J connectivity index is 2.13. The lowest BCUT2D eigenvalue weighted by Crippen LogP contribution is -1.95. The number of hydrogen-bond acceptors (Lipinski definition) is 2. The number of aromatic carboxylic acids is 1. The van der Waals surface area contributed by atoms with Gasteiger partial charge in [0.1, 0.15) is 5.65 Å². The van der Waals surface area contributed by atoms with E-state index in [4.69, 9.17) is 5.11 Å². The van der Waals surface area contributed by atoms with E-state index in [9.17, 15) is 4.79 Å². The van der Waals surface area contributed by atoms with E-state index in [0.717, 1.165) is 21.4 Å². The minimum Gasteiger partial charge on any atom is -0.478 e. The van der Waals surface area contributed by atoms with E-state index in [1.165, 1.54) is 0 Å². The first kappa shape index (κ1) is 11.9. The number of carboxylic acids is 1. The maximum atomic E-state index is 11.0. The van der Waals surface area contributed by atoms with Crippen molar-refractivity contribution in [3.8, 4) is 11.3 Å². The molecule has 3 aromatic rings. The molecular formula is C14H9BrN2O2. The van der Waals surface area contributed by atoms with Crippen LogP contribution in [-0.4, -0.2) is 20.5 Å². The fourth-order valence-electron chi connectivity index (χ4n) is 1.92. The molecule has 1 aromatic carbocycles. The second-order valence-electron chi connectivity index (χ2n) is 4.12. The van der Waals surface area contributed by atoms with Crippen LogP contribution in [0, 0.1) is 0 Å². The Hall–Kier alpha value is -2.14. The van der Waals surface area contributed by atoms with Crippen LogP contribution >= 0.6 is 15.9 Å². The molecule has 0 unspecified atom stereocenters. The molecule has 0 saturated carbocycles. The average Bonchev–Trinajstić information content (AvgIpc) is 2.81. The van der Waals surface area contributed by atoms with Crippen LogP contribution in [-0.2, 0) is 0 Å². The summed E-state index contributed by atoms with van der Waals surface area (Å²) in [6.07, 6.45) is 3.79. The van der Waals surface area contributed by atoms with Crippen LogP contribution in [0.2, 0.25) is 0 Å². The summed E-state index contributed by atoms with van der Waals surface area (Å²) in [4.78, 5) is 15.4. The van der Waals surface area contributed by atoms with E-state index < -0.39 is 5.97 Å². The molecule has 0 amide bonds. The first-order valence-corrected chi connectivity index (χ1v) is 6.41. The number of aromatic nitrogens is 2. The van der Waals surface area contributed by atoms with E-state index in [2.05, 4.69) is 20.9 Å². The molecule has 2 heterocycles. The van der Waals surface area contributed by atoms with Crippen LogP contribution in [0.25, 0.3) is 16.9 Å². The molecule has 4 nitrogen and oxygen atoms in total. The standard InChI is InChI=1S/C14H9BrN2O2/c15-11-4-5-13-16-12(8-17(13)7-11)9-2-1-3-10(6-9)14(18)19/h1-8H,(H,18,19). The summed E-state index contributed by atoms with van der Waals surface area (Å²) >= 11 is 3.40. The molecular weight excluding hydrogens is 308 g/mol. The van der Waals surface area contributed by atoms with Gasteiger partial charge in [-0.3, -0.25) is 0 Å². The number of halogens is 1. The highest BCUT2D eigenvalue weighted by molar-refractivity contribution is 9.10. The topological polar surface area (TPSA) is 54.6 Å². The summed E-state index contributed by atoms with van der Waals surface area (Å²) in [6, 6.07) is 10.6. The predicted molar refractivity (Wildman–Crippen MR) is 75.3 cm³/mol. The van der Waals surface area contributed by atoms with Gasteiger partial charge in [0.25, 0.3) is 0 Å². The maximum absolute atomic E-state index is 11.0. The van der Waals surface area contributed by atoms with Gasteiger partial charge in [0.2, 0.25) is 0 Å². The molecule has 0 aliphatic rings. The van der Waals surface area contributed by atoms with Crippen LogP contribution in [0.3, 0.4) is 0 Å². The third kappa shape index (κ3) is 2.24. The molecule has 2 aromatic heterocycles.